The molecule has 0 aliphatic rings. The highest BCUT2D eigenvalue weighted by molar-refractivity contribution is 7.19. The number of nitrogens with zero attached hydrogens (tertiary/aromatic N) is 2. The molecule has 4 rings (SSSR count). The first-order valence-corrected chi connectivity index (χ1v) is 14.0. The van der Waals surface area contributed by atoms with Crippen molar-refractivity contribution in [3.05, 3.63) is 86.8 Å². The van der Waals surface area contributed by atoms with Gasteiger partial charge in [-0.1, -0.05) is 101 Å². The van der Waals surface area contributed by atoms with E-state index in [1.165, 1.54) is 34.6 Å². The van der Waals surface area contributed by atoms with Crippen molar-refractivity contribution in [2.75, 3.05) is 5.32 Å². The van der Waals surface area contributed by atoms with Crippen molar-refractivity contribution in [3.8, 4) is 22.1 Å². The second-order valence-corrected chi connectivity index (χ2v) is 12.7. The van der Waals surface area contributed by atoms with Crippen LogP contribution in [0.4, 0.5) is 10.1 Å². The summed E-state index contributed by atoms with van der Waals surface area (Å²) in [6.07, 6.45) is 1.02. The van der Waals surface area contributed by atoms with Crippen LogP contribution in [0.1, 0.15) is 68.8 Å². The number of nitrogens with one attached hydrogen (secondary N) is 1. The van der Waals surface area contributed by atoms with Gasteiger partial charge in [0.15, 0.2) is 5.13 Å². The van der Waals surface area contributed by atoms with Crippen LogP contribution in [0.15, 0.2) is 60.7 Å². The highest BCUT2D eigenvalue weighted by atomic mass is 32.1. The summed E-state index contributed by atoms with van der Waals surface area (Å²) in [7, 11) is 0. The zero-order valence-electron chi connectivity index (χ0n) is 22.3. The van der Waals surface area contributed by atoms with Crippen LogP contribution in [0.2, 0.25) is 0 Å². The number of rotatable bonds is 8. The van der Waals surface area contributed by atoms with Crippen LogP contribution in [0.5, 0.6) is 10.8 Å². The molecule has 0 spiro atoms. The summed E-state index contributed by atoms with van der Waals surface area (Å²) in [5.41, 5.74) is 3.97. The van der Waals surface area contributed by atoms with Crippen LogP contribution >= 0.6 is 22.7 Å². The second kappa shape index (κ2) is 10.7. The maximum atomic E-state index is 12.8. The molecule has 0 unspecified atom stereocenters. The van der Waals surface area contributed by atoms with Gasteiger partial charge in [0.1, 0.15) is 11.4 Å². The van der Waals surface area contributed by atoms with E-state index in [0.29, 0.717) is 21.6 Å². The van der Waals surface area contributed by atoms with E-state index in [2.05, 4.69) is 76.1 Å². The average molecular weight is 550 g/mol. The van der Waals surface area contributed by atoms with Crippen molar-refractivity contribution < 1.29 is 14.5 Å². The molecule has 2 heterocycles. The van der Waals surface area contributed by atoms with E-state index in [-0.39, 0.29) is 20.7 Å². The van der Waals surface area contributed by atoms with E-state index >= 15 is 0 Å². The number of thiazole rings is 1. The molecule has 0 aliphatic heterocycles. The highest BCUT2D eigenvalue weighted by Crippen LogP contribution is 2.42. The van der Waals surface area contributed by atoms with Crippen LogP contribution in [-0.2, 0) is 10.8 Å². The van der Waals surface area contributed by atoms with Gasteiger partial charge in [0.25, 0.3) is 5.91 Å². The van der Waals surface area contributed by atoms with E-state index in [1.54, 1.807) is 0 Å². The fourth-order valence-corrected chi connectivity index (χ4v) is 5.30. The van der Waals surface area contributed by atoms with Gasteiger partial charge in [0.2, 0.25) is 5.06 Å². The number of benzene rings is 2. The first kappa shape index (κ1) is 27.5. The molecule has 0 saturated heterocycles. The lowest BCUT2D eigenvalue weighted by atomic mass is 9.82. The van der Waals surface area contributed by atoms with Gasteiger partial charge >= 0.3 is 5.00 Å². The van der Waals surface area contributed by atoms with Crippen LogP contribution in [-0.4, -0.2) is 15.8 Å². The molecule has 0 atom stereocenters. The Balaban J connectivity index is 1.66. The number of hydrogen-bond acceptors (Lipinski definition) is 7. The second-order valence-electron chi connectivity index (χ2n) is 10.7. The maximum Gasteiger partial charge on any atom is 0.324 e. The fraction of sp³-hybridized carbons (Fsp3) is 0.310. The lowest BCUT2D eigenvalue weighted by Gasteiger charge is -2.23. The van der Waals surface area contributed by atoms with Crippen LogP contribution < -0.4 is 10.1 Å². The number of nitro groups is 1. The Kier molecular flexibility index (Phi) is 7.71. The van der Waals surface area contributed by atoms with E-state index in [9.17, 15) is 14.9 Å². The average Bonchev–Trinajstić information content (AvgIpc) is 3.52. The smallest absolute Gasteiger partial charge is 0.324 e. The molecule has 7 nitrogen and oxygen atoms in total. The van der Waals surface area contributed by atoms with Crippen molar-refractivity contribution in [3.63, 3.8) is 0 Å². The van der Waals surface area contributed by atoms with Gasteiger partial charge in [-0.05, 0) is 46.6 Å². The molecule has 1 amide bonds. The Labute approximate surface area is 230 Å². The maximum absolute atomic E-state index is 12.8. The molecule has 9 heteroatoms. The van der Waals surface area contributed by atoms with Crippen LogP contribution in [0.25, 0.3) is 11.3 Å². The fourth-order valence-electron chi connectivity index (χ4n) is 3.73. The highest BCUT2D eigenvalue weighted by Gasteiger charge is 2.22. The van der Waals surface area contributed by atoms with Gasteiger partial charge in [-0.3, -0.25) is 20.2 Å². The molecule has 4 aromatic rings. The number of carbonyl (C=O) groups is 1. The molecular weight excluding hydrogens is 518 g/mol. The summed E-state index contributed by atoms with van der Waals surface area (Å²) in [5, 5.41) is 14.6. The Morgan fingerprint density at radius 1 is 0.947 bits per heavy atom. The quantitative estimate of drug-likeness (QED) is 0.175. The summed E-state index contributed by atoms with van der Waals surface area (Å²) < 4.78 is 6.28. The van der Waals surface area contributed by atoms with Gasteiger partial charge in [0.05, 0.1) is 9.80 Å². The van der Waals surface area contributed by atoms with Crippen molar-refractivity contribution in [1.29, 1.82) is 0 Å². The lowest BCUT2D eigenvalue weighted by Crippen LogP contribution is -2.14. The minimum atomic E-state index is -0.511. The van der Waals surface area contributed by atoms with Crippen molar-refractivity contribution in [2.45, 2.75) is 58.8 Å². The number of thiophene rings is 1. The van der Waals surface area contributed by atoms with Gasteiger partial charge in [-0.25, -0.2) is 4.98 Å². The molecule has 198 valence electrons. The largest absolute Gasteiger partial charge is 0.444 e. The number of hydrogen-bond donors (Lipinski definition) is 1. The molecular formula is C29H31N3O4S2. The van der Waals surface area contributed by atoms with E-state index in [1.807, 2.05) is 24.3 Å². The molecule has 38 heavy (non-hydrogen) atoms. The Morgan fingerprint density at radius 3 is 2.13 bits per heavy atom. The standard InChI is InChI=1S/C29H31N3O4S2/c1-7-29(5,6)20-12-14-21(15-13-20)36-26-24(18-8-10-19(11-9-18)28(2,3)4)30-27(38-26)31-25(33)22-16-17-23(37-22)32(34)35/h8-17H,7H2,1-6H3,(H,30,31,33). The molecule has 0 bridgehead atoms. The number of carbonyl (C=O) groups excluding carboxylic acids is 1. The Morgan fingerprint density at radius 2 is 1.58 bits per heavy atom. The van der Waals surface area contributed by atoms with E-state index in [4.69, 9.17) is 4.74 Å². The van der Waals surface area contributed by atoms with Gasteiger partial charge in [0, 0.05) is 11.6 Å². The predicted molar refractivity (Wildman–Crippen MR) is 155 cm³/mol. The molecule has 0 aliphatic carbocycles. The first-order valence-electron chi connectivity index (χ1n) is 12.3. The summed E-state index contributed by atoms with van der Waals surface area (Å²) >= 11 is 2.04. The third-order valence-corrected chi connectivity index (χ3v) is 8.45. The zero-order valence-corrected chi connectivity index (χ0v) is 24.0. The Hall–Kier alpha value is -3.56. The normalized spacial score (nSPS) is 11.8. The summed E-state index contributed by atoms with van der Waals surface area (Å²) in [6.45, 7) is 13.1. The molecule has 0 radical (unpaired) electrons. The van der Waals surface area contributed by atoms with Crippen molar-refractivity contribution in [2.24, 2.45) is 0 Å². The number of aromatic nitrogens is 1. The topological polar surface area (TPSA) is 94.4 Å². The summed E-state index contributed by atoms with van der Waals surface area (Å²) in [6, 6.07) is 19.0. The van der Waals surface area contributed by atoms with E-state index in [0.717, 1.165) is 23.3 Å². The monoisotopic (exact) mass is 549 g/mol. The molecule has 2 aromatic heterocycles. The minimum absolute atomic E-state index is 0.0103. The zero-order chi connectivity index (χ0) is 27.7. The van der Waals surface area contributed by atoms with E-state index < -0.39 is 10.8 Å². The number of amides is 1. The third kappa shape index (κ3) is 6.11. The molecule has 2 aromatic carbocycles. The third-order valence-electron chi connectivity index (χ3n) is 6.57. The molecule has 1 N–H and O–H groups in total. The number of anilines is 1. The Bertz CT molecular complexity index is 1450. The first-order chi connectivity index (χ1) is 17.9. The van der Waals surface area contributed by atoms with Crippen molar-refractivity contribution >= 4 is 38.7 Å². The summed E-state index contributed by atoms with van der Waals surface area (Å²) in [4.78, 5) is 28.2. The summed E-state index contributed by atoms with van der Waals surface area (Å²) in [5.74, 6) is 0.216. The van der Waals surface area contributed by atoms with Crippen molar-refractivity contribution in [1.82, 2.24) is 4.98 Å². The van der Waals surface area contributed by atoms with Crippen LogP contribution in [0, 0.1) is 10.1 Å². The van der Waals surface area contributed by atoms with Gasteiger partial charge < -0.3 is 4.74 Å². The lowest BCUT2D eigenvalue weighted by molar-refractivity contribution is -0.380. The molecule has 0 saturated carbocycles. The minimum Gasteiger partial charge on any atom is -0.444 e. The van der Waals surface area contributed by atoms with Gasteiger partial charge in [-0.2, -0.15) is 0 Å². The van der Waals surface area contributed by atoms with Gasteiger partial charge in [-0.15, -0.1) is 0 Å². The molecule has 0 fully saturated rings. The predicted octanol–water partition coefficient (Wildman–Crippen LogP) is 8.81. The van der Waals surface area contributed by atoms with Crippen LogP contribution in [0.3, 0.4) is 0 Å². The number of ether oxygens (including phenoxy) is 1. The SMILES string of the molecule is CCC(C)(C)c1ccc(Oc2sc(NC(=O)c3ccc([N+](=O)[O-])s3)nc2-c2ccc(C(C)(C)C)cc2)cc1.